The lowest BCUT2D eigenvalue weighted by Gasteiger charge is -2.43. The van der Waals surface area contributed by atoms with Crippen molar-refractivity contribution in [3.63, 3.8) is 0 Å². The van der Waals surface area contributed by atoms with Gasteiger partial charge in [-0.1, -0.05) is 19.8 Å². The number of hydrogen-bond acceptors (Lipinski definition) is 3. The Labute approximate surface area is 125 Å². The van der Waals surface area contributed by atoms with Gasteiger partial charge >= 0.3 is 0 Å². The molecule has 1 aliphatic carbocycles. The van der Waals surface area contributed by atoms with Crippen LogP contribution in [0.2, 0.25) is 0 Å². The normalized spacial score (nSPS) is 39.9. The summed E-state index contributed by atoms with van der Waals surface area (Å²) in [5, 5.41) is 0. The smallest absolute Gasteiger partial charge is 0.0777 e. The van der Waals surface area contributed by atoms with Crippen LogP contribution in [0, 0.1) is 11.8 Å². The van der Waals surface area contributed by atoms with Crippen molar-refractivity contribution >= 4 is 0 Å². The third-order valence-electron chi connectivity index (χ3n) is 5.57. The van der Waals surface area contributed by atoms with Gasteiger partial charge in [0.2, 0.25) is 0 Å². The highest BCUT2D eigenvalue weighted by atomic mass is 16.5. The first-order valence-electron chi connectivity index (χ1n) is 8.59. The Bertz CT molecular complexity index is 297. The molecule has 0 spiro atoms. The van der Waals surface area contributed by atoms with Gasteiger partial charge in [0.1, 0.15) is 0 Å². The Kier molecular flexibility index (Phi) is 5.88. The molecule has 0 radical (unpaired) electrons. The fourth-order valence-corrected chi connectivity index (χ4v) is 4.23. The van der Waals surface area contributed by atoms with E-state index in [-0.39, 0.29) is 5.60 Å². The first kappa shape index (κ1) is 16.3. The molecule has 0 aromatic carbocycles. The predicted octanol–water partition coefficient (Wildman–Crippen LogP) is 3.03. The molecule has 2 aliphatic rings. The average Bonchev–Trinajstić information content (AvgIpc) is 2.43. The number of piperidine rings is 1. The molecule has 1 saturated heterocycles. The lowest BCUT2D eigenvalue weighted by molar-refractivity contribution is -0.0559. The standard InChI is InChI=1S/C17H34N2O/c1-4-6-14-7-8-16(18)15(11-14)12-19-10-5-9-17(2,13-19)20-3/h14-16H,4-13,18H2,1-3H3. The number of nitrogens with zero attached hydrogens (tertiary/aromatic N) is 1. The van der Waals surface area contributed by atoms with Crippen molar-refractivity contribution in [2.24, 2.45) is 17.6 Å². The average molecular weight is 282 g/mol. The molecule has 4 unspecified atom stereocenters. The monoisotopic (exact) mass is 282 g/mol. The fourth-order valence-electron chi connectivity index (χ4n) is 4.23. The summed E-state index contributed by atoms with van der Waals surface area (Å²) in [4.78, 5) is 2.60. The zero-order valence-electron chi connectivity index (χ0n) is 13.7. The topological polar surface area (TPSA) is 38.5 Å². The zero-order valence-corrected chi connectivity index (χ0v) is 13.7. The van der Waals surface area contributed by atoms with Gasteiger partial charge in [-0.05, 0) is 57.4 Å². The van der Waals surface area contributed by atoms with E-state index in [0.717, 1.165) is 12.5 Å². The van der Waals surface area contributed by atoms with E-state index in [4.69, 9.17) is 10.5 Å². The van der Waals surface area contributed by atoms with Gasteiger partial charge in [-0.25, -0.2) is 0 Å². The van der Waals surface area contributed by atoms with Gasteiger partial charge in [0.05, 0.1) is 5.60 Å². The second-order valence-corrected chi connectivity index (χ2v) is 7.38. The Balaban J connectivity index is 1.87. The van der Waals surface area contributed by atoms with Crippen LogP contribution in [0.15, 0.2) is 0 Å². The van der Waals surface area contributed by atoms with Crippen LogP contribution in [0.5, 0.6) is 0 Å². The molecule has 2 fully saturated rings. The summed E-state index contributed by atoms with van der Waals surface area (Å²) >= 11 is 0. The summed E-state index contributed by atoms with van der Waals surface area (Å²) in [7, 11) is 1.85. The first-order chi connectivity index (χ1) is 9.56. The molecule has 1 aliphatic heterocycles. The second-order valence-electron chi connectivity index (χ2n) is 7.38. The van der Waals surface area contributed by atoms with E-state index < -0.39 is 0 Å². The molecule has 0 aromatic heterocycles. The summed E-state index contributed by atoms with van der Waals surface area (Å²) < 4.78 is 5.71. The molecule has 3 nitrogen and oxygen atoms in total. The Hall–Kier alpha value is -0.120. The first-order valence-corrected chi connectivity index (χ1v) is 8.59. The van der Waals surface area contributed by atoms with Crippen molar-refractivity contribution in [2.75, 3.05) is 26.7 Å². The highest BCUT2D eigenvalue weighted by molar-refractivity contribution is 4.89. The van der Waals surface area contributed by atoms with E-state index in [1.165, 1.54) is 58.0 Å². The van der Waals surface area contributed by atoms with E-state index in [9.17, 15) is 0 Å². The van der Waals surface area contributed by atoms with Gasteiger partial charge in [-0.15, -0.1) is 0 Å². The summed E-state index contributed by atoms with van der Waals surface area (Å²) in [6, 6.07) is 0.416. The van der Waals surface area contributed by atoms with E-state index >= 15 is 0 Å². The number of likely N-dealkylation sites (tertiary alicyclic amines) is 1. The van der Waals surface area contributed by atoms with Gasteiger partial charge in [0, 0.05) is 26.2 Å². The lowest BCUT2D eigenvalue weighted by atomic mass is 9.76. The third kappa shape index (κ3) is 4.19. The van der Waals surface area contributed by atoms with Crippen molar-refractivity contribution in [1.82, 2.24) is 4.90 Å². The van der Waals surface area contributed by atoms with Gasteiger partial charge in [-0.3, -0.25) is 0 Å². The third-order valence-corrected chi connectivity index (χ3v) is 5.57. The van der Waals surface area contributed by atoms with Crippen LogP contribution in [0.3, 0.4) is 0 Å². The van der Waals surface area contributed by atoms with E-state index in [1.54, 1.807) is 0 Å². The number of hydrogen-bond donors (Lipinski definition) is 1. The molecule has 3 heteroatoms. The maximum atomic E-state index is 6.40. The van der Waals surface area contributed by atoms with Gasteiger partial charge < -0.3 is 15.4 Å². The molecule has 0 amide bonds. The number of ether oxygens (including phenoxy) is 1. The SMILES string of the molecule is CCCC1CCC(N)C(CN2CCCC(C)(OC)C2)C1. The van der Waals surface area contributed by atoms with Crippen LogP contribution in [0.25, 0.3) is 0 Å². The molecular weight excluding hydrogens is 248 g/mol. The molecule has 20 heavy (non-hydrogen) atoms. The molecule has 0 aromatic rings. The molecule has 4 atom stereocenters. The number of rotatable bonds is 5. The van der Waals surface area contributed by atoms with Crippen LogP contribution >= 0.6 is 0 Å². The quantitative estimate of drug-likeness (QED) is 0.842. The Morgan fingerprint density at radius 2 is 2.15 bits per heavy atom. The fraction of sp³-hybridized carbons (Fsp3) is 1.00. The number of methoxy groups -OCH3 is 1. The predicted molar refractivity (Wildman–Crippen MR) is 84.8 cm³/mol. The molecule has 2 rings (SSSR count). The van der Waals surface area contributed by atoms with Crippen molar-refractivity contribution in [3.8, 4) is 0 Å². The summed E-state index contributed by atoms with van der Waals surface area (Å²) in [5.41, 5.74) is 6.45. The lowest BCUT2D eigenvalue weighted by Crippen LogP contribution is -2.51. The molecule has 118 valence electrons. The minimum atomic E-state index is 0.0554. The molecule has 1 saturated carbocycles. The molecule has 0 bridgehead atoms. The van der Waals surface area contributed by atoms with Crippen molar-refractivity contribution in [1.29, 1.82) is 0 Å². The van der Waals surface area contributed by atoms with Crippen LogP contribution < -0.4 is 5.73 Å². The highest BCUT2D eigenvalue weighted by Crippen LogP contribution is 2.33. The van der Waals surface area contributed by atoms with Crippen molar-refractivity contribution < 1.29 is 4.74 Å². The summed E-state index contributed by atoms with van der Waals surface area (Å²) in [6.45, 7) is 8.03. The van der Waals surface area contributed by atoms with E-state index in [0.29, 0.717) is 12.0 Å². The molecular formula is C17H34N2O. The minimum absolute atomic E-state index is 0.0554. The van der Waals surface area contributed by atoms with Gasteiger partial charge in [-0.2, -0.15) is 0 Å². The van der Waals surface area contributed by atoms with Crippen molar-refractivity contribution in [3.05, 3.63) is 0 Å². The van der Waals surface area contributed by atoms with Crippen LogP contribution in [0.1, 0.15) is 58.8 Å². The number of nitrogens with two attached hydrogens (primary N) is 1. The maximum Gasteiger partial charge on any atom is 0.0777 e. The highest BCUT2D eigenvalue weighted by Gasteiger charge is 2.34. The van der Waals surface area contributed by atoms with Gasteiger partial charge in [0.25, 0.3) is 0 Å². The molecule has 1 heterocycles. The Morgan fingerprint density at radius 3 is 2.85 bits per heavy atom. The summed E-state index contributed by atoms with van der Waals surface area (Å²) in [5.74, 6) is 1.61. The zero-order chi connectivity index (χ0) is 14.6. The molecule has 2 N–H and O–H groups in total. The summed E-state index contributed by atoms with van der Waals surface area (Å²) in [6.07, 6.45) is 9.07. The largest absolute Gasteiger partial charge is 0.377 e. The van der Waals surface area contributed by atoms with Crippen LogP contribution in [0.4, 0.5) is 0 Å². The van der Waals surface area contributed by atoms with Gasteiger partial charge in [0.15, 0.2) is 0 Å². The second kappa shape index (κ2) is 7.24. The maximum absolute atomic E-state index is 6.40. The minimum Gasteiger partial charge on any atom is -0.377 e. The Morgan fingerprint density at radius 1 is 1.35 bits per heavy atom. The van der Waals surface area contributed by atoms with E-state index in [2.05, 4.69) is 18.7 Å². The van der Waals surface area contributed by atoms with Crippen LogP contribution in [-0.2, 0) is 4.74 Å². The van der Waals surface area contributed by atoms with Crippen molar-refractivity contribution in [2.45, 2.75) is 70.4 Å². The van der Waals surface area contributed by atoms with E-state index in [1.807, 2.05) is 7.11 Å². The van der Waals surface area contributed by atoms with Crippen LogP contribution in [-0.4, -0.2) is 43.3 Å².